The third kappa shape index (κ3) is 5.53. The molecule has 0 unspecified atom stereocenters. The molecule has 2 aromatic rings. The molecule has 1 atom stereocenters. The summed E-state index contributed by atoms with van der Waals surface area (Å²) in [6, 6.07) is 6.73. The van der Waals surface area contributed by atoms with E-state index < -0.39 is 11.8 Å². The van der Waals surface area contributed by atoms with Crippen LogP contribution in [0.1, 0.15) is 70.2 Å². The predicted molar refractivity (Wildman–Crippen MR) is 137 cm³/mol. The van der Waals surface area contributed by atoms with Crippen molar-refractivity contribution in [2.24, 2.45) is 5.92 Å². The maximum absolute atomic E-state index is 13.8. The van der Waals surface area contributed by atoms with Crippen molar-refractivity contribution in [1.82, 2.24) is 20.0 Å². The summed E-state index contributed by atoms with van der Waals surface area (Å²) in [6.07, 6.45) is 6.85. The third-order valence-electron chi connectivity index (χ3n) is 7.38. The van der Waals surface area contributed by atoms with Gasteiger partial charge in [-0.2, -0.15) is 5.10 Å². The molecule has 2 aliphatic rings. The Labute approximate surface area is 208 Å². The number of likely N-dealkylation sites (tertiary alicyclic amines) is 1. The van der Waals surface area contributed by atoms with Crippen molar-refractivity contribution >= 4 is 17.6 Å². The van der Waals surface area contributed by atoms with Crippen LogP contribution in [-0.4, -0.2) is 61.9 Å². The third-order valence-corrected chi connectivity index (χ3v) is 7.38. The molecule has 35 heavy (non-hydrogen) atoms. The average Bonchev–Trinajstić information content (AvgIpc) is 3.47. The van der Waals surface area contributed by atoms with Gasteiger partial charge in [0.15, 0.2) is 0 Å². The number of urea groups is 1. The van der Waals surface area contributed by atoms with Crippen molar-refractivity contribution < 1.29 is 14.7 Å². The lowest BCUT2D eigenvalue weighted by molar-refractivity contribution is -0.136. The number of anilines is 1. The molecule has 0 spiro atoms. The Bertz CT molecular complexity index is 1010. The van der Waals surface area contributed by atoms with Crippen LogP contribution in [0.4, 0.5) is 10.5 Å². The lowest BCUT2D eigenvalue weighted by Gasteiger charge is -2.45. The van der Waals surface area contributed by atoms with Crippen LogP contribution in [0.25, 0.3) is 11.1 Å². The van der Waals surface area contributed by atoms with Crippen molar-refractivity contribution in [3.8, 4) is 11.1 Å². The molecular formula is C27H39N5O3. The maximum atomic E-state index is 13.8. The predicted octanol–water partition coefficient (Wildman–Crippen LogP) is 4.83. The fraction of sp³-hybridized carbons (Fsp3) is 0.593. The summed E-state index contributed by atoms with van der Waals surface area (Å²) in [4.78, 5) is 30.6. The van der Waals surface area contributed by atoms with Crippen LogP contribution < -0.4 is 5.32 Å². The minimum absolute atomic E-state index is 0.0113. The molecule has 1 aromatic carbocycles. The van der Waals surface area contributed by atoms with E-state index in [4.69, 9.17) is 0 Å². The highest BCUT2D eigenvalue weighted by Crippen LogP contribution is 2.34. The first-order chi connectivity index (χ1) is 16.7. The number of nitrogens with zero attached hydrogens (tertiary/aromatic N) is 3. The summed E-state index contributed by atoms with van der Waals surface area (Å²) in [7, 11) is 0. The molecule has 190 valence electrons. The number of hydrogen-bond donors (Lipinski definition) is 3. The van der Waals surface area contributed by atoms with Crippen molar-refractivity contribution in [1.29, 1.82) is 0 Å². The molecule has 1 aromatic heterocycles. The molecule has 1 aliphatic heterocycles. The largest absolute Gasteiger partial charge is 0.371 e. The van der Waals surface area contributed by atoms with Gasteiger partial charge in [0.2, 0.25) is 5.91 Å². The van der Waals surface area contributed by atoms with E-state index in [2.05, 4.69) is 15.5 Å². The number of rotatable bonds is 6. The SMILES string of the molecule is Cc1n[nH]c(C)c1-c1ccc(NC(=O)[C@H](C2CCCCC2)N(C(=O)N2CCCC2)C(C)(C)O)cc1. The first-order valence-electron chi connectivity index (χ1n) is 12.9. The van der Waals surface area contributed by atoms with Gasteiger partial charge in [0.25, 0.3) is 0 Å². The van der Waals surface area contributed by atoms with E-state index in [0.717, 1.165) is 67.5 Å². The van der Waals surface area contributed by atoms with Gasteiger partial charge in [-0.3, -0.25) is 14.8 Å². The normalized spacial score (nSPS) is 17.9. The molecule has 2 heterocycles. The number of nitrogens with one attached hydrogen (secondary N) is 2. The summed E-state index contributed by atoms with van der Waals surface area (Å²) >= 11 is 0. The van der Waals surface area contributed by atoms with E-state index in [-0.39, 0.29) is 17.9 Å². The lowest BCUT2D eigenvalue weighted by atomic mass is 9.82. The van der Waals surface area contributed by atoms with Gasteiger partial charge in [-0.05, 0) is 77.0 Å². The smallest absolute Gasteiger partial charge is 0.322 e. The van der Waals surface area contributed by atoms with Gasteiger partial charge in [0, 0.05) is 30.0 Å². The fourth-order valence-corrected chi connectivity index (χ4v) is 5.66. The molecule has 1 saturated carbocycles. The van der Waals surface area contributed by atoms with Gasteiger partial charge in [-0.15, -0.1) is 0 Å². The van der Waals surface area contributed by atoms with Crippen LogP contribution in [0.15, 0.2) is 24.3 Å². The molecule has 3 amide bonds. The standard InChI is InChI=1S/C27H39N5O3/c1-18-23(19(2)30-29-18)20-12-14-22(15-13-20)28-25(33)24(21-10-6-5-7-11-21)32(27(3,4)35)26(34)31-16-8-9-17-31/h12-15,21,24,35H,5-11,16-17H2,1-4H3,(H,28,33)(H,29,30)/t24-/m0/s1. The minimum atomic E-state index is -1.46. The van der Waals surface area contributed by atoms with E-state index in [0.29, 0.717) is 18.8 Å². The first-order valence-corrected chi connectivity index (χ1v) is 12.9. The van der Waals surface area contributed by atoms with Crippen LogP contribution in [0, 0.1) is 19.8 Å². The first kappa shape index (κ1) is 25.2. The zero-order chi connectivity index (χ0) is 25.2. The van der Waals surface area contributed by atoms with Gasteiger partial charge in [0.1, 0.15) is 11.8 Å². The summed E-state index contributed by atoms with van der Waals surface area (Å²) in [5.74, 6) is -0.229. The number of amides is 3. The van der Waals surface area contributed by atoms with Crippen molar-refractivity contribution in [2.45, 2.75) is 84.4 Å². The molecule has 1 aliphatic carbocycles. The number of aromatic nitrogens is 2. The molecule has 4 rings (SSSR count). The van der Waals surface area contributed by atoms with E-state index in [1.54, 1.807) is 18.7 Å². The van der Waals surface area contributed by atoms with Gasteiger partial charge < -0.3 is 15.3 Å². The molecule has 0 bridgehead atoms. The van der Waals surface area contributed by atoms with Crippen LogP contribution in [0.3, 0.4) is 0 Å². The van der Waals surface area contributed by atoms with E-state index in [1.165, 1.54) is 4.90 Å². The van der Waals surface area contributed by atoms with E-state index in [9.17, 15) is 14.7 Å². The Morgan fingerprint density at radius 2 is 1.71 bits per heavy atom. The quantitative estimate of drug-likeness (QED) is 0.515. The van der Waals surface area contributed by atoms with Crippen molar-refractivity contribution in [3.63, 3.8) is 0 Å². The summed E-state index contributed by atoms with van der Waals surface area (Å²) in [6.45, 7) is 8.49. The van der Waals surface area contributed by atoms with Crippen LogP contribution in [-0.2, 0) is 4.79 Å². The van der Waals surface area contributed by atoms with Crippen LogP contribution in [0.5, 0.6) is 0 Å². The molecule has 0 radical (unpaired) electrons. The number of aryl methyl sites for hydroxylation is 2. The number of H-pyrrole nitrogens is 1. The summed E-state index contributed by atoms with van der Waals surface area (Å²) in [5, 5.41) is 21.4. The highest BCUT2D eigenvalue weighted by Gasteiger charge is 2.45. The Kier molecular flexibility index (Phi) is 7.50. The maximum Gasteiger partial charge on any atom is 0.322 e. The number of carbonyl (C=O) groups is 2. The van der Waals surface area contributed by atoms with Gasteiger partial charge in [-0.1, -0.05) is 31.4 Å². The number of hydrogen-bond acceptors (Lipinski definition) is 4. The zero-order valence-corrected chi connectivity index (χ0v) is 21.4. The Balaban J connectivity index is 1.60. The Morgan fingerprint density at radius 3 is 2.26 bits per heavy atom. The van der Waals surface area contributed by atoms with Crippen LogP contribution in [0.2, 0.25) is 0 Å². The van der Waals surface area contributed by atoms with Crippen molar-refractivity contribution in [2.75, 3.05) is 18.4 Å². The Morgan fingerprint density at radius 1 is 1.09 bits per heavy atom. The second-order valence-electron chi connectivity index (χ2n) is 10.6. The molecule has 3 N–H and O–H groups in total. The number of aliphatic hydroxyl groups is 1. The minimum Gasteiger partial charge on any atom is -0.371 e. The lowest BCUT2D eigenvalue weighted by Crippen LogP contribution is -2.62. The summed E-state index contributed by atoms with van der Waals surface area (Å²) in [5.41, 5.74) is 3.23. The van der Waals surface area contributed by atoms with Crippen LogP contribution >= 0.6 is 0 Å². The molecular weight excluding hydrogens is 442 g/mol. The highest BCUT2D eigenvalue weighted by atomic mass is 16.3. The molecule has 8 nitrogen and oxygen atoms in total. The molecule has 8 heteroatoms. The summed E-state index contributed by atoms with van der Waals surface area (Å²) < 4.78 is 0. The second kappa shape index (κ2) is 10.4. The highest BCUT2D eigenvalue weighted by molar-refractivity contribution is 5.97. The number of carbonyl (C=O) groups excluding carboxylic acids is 2. The van der Waals surface area contributed by atoms with E-state index >= 15 is 0 Å². The monoisotopic (exact) mass is 481 g/mol. The average molecular weight is 482 g/mol. The Hall–Kier alpha value is -2.87. The molecule has 2 fully saturated rings. The topological polar surface area (TPSA) is 102 Å². The number of aromatic amines is 1. The zero-order valence-electron chi connectivity index (χ0n) is 21.4. The van der Waals surface area contributed by atoms with Gasteiger partial charge in [0.05, 0.1) is 5.69 Å². The molecule has 1 saturated heterocycles. The van der Waals surface area contributed by atoms with E-state index in [1.807, 2.05) is 38.1 Å². The van der Waals surface area contributed by atoms with Gasteiger partial charge >= 0.3 is 6.03 Å². The van der Waals surface area contributed by atoms with Gasteiger partial charge in [-0.25, -0.2) is 4.79 Å². The second-order valence-corrected chi connectivity index (χ2v) is 10.6. The number of benzene rings is 1. The van der Waals surface area contributed by atoms with Crippen molar-refractivity contribution in [3.05, 3.63) is 35.7 Å². The fourth-order valence-electron chi connectivity index (χ4n) is 5.66.